The van der Waals surface area contributed by atoms with Crippen molar-refractivity contribution in [3.63, 3.8) is 0 Å². The quantitative estimate of drug-likeness (QED) is 0.861. The van der Waals surface area contributed by atoms with Crippen molar-refractivity contribution < 1.29 is 5.11 Å². The third-order valence-electron chi connectivity index (χ3n) is 4.42. The molecule has 1 saturated heterocycles. The fraction of sp³-hybridized carbons (Fsp3) is 0.571. The zero-order valence-electron chi connectivity index (χ0n) is 10.3. The van der Waals surface area contributed by atoms with Crippen molar-refractivity contribution in [3.8, 4) is 0 Å². The molecule has 1 aliphatic carbocycles. The highest BCUT2D eigenvalue weighted by molar-refractivity contribution is 6.30. The third kappa shape index (κ3) is 2.00. The van der Waals surface area contributed by atoms with E-state index in [1.165, 1.54) is 5.69 Å². The SMILES string of the molecule is NCc1cc(Cl)ccc1N1CC2CCC(O)C2C1. The van der Waals surface area contributed by atoms with Gasteiger partial charge in [0.05, 0.1) is 6.10 Å². The first-order valence-corrected chi connectivity index (χ1v) is 6.98. The first kappa shape index (κ1) is 12.3. The summed E-state index contributed by atoms with van der Waals surface area (Å²) in [6.07, 6.45) is 2.00. The van der Waals surface area contributed by atoms with Crippen LogP contribution in [0, 0.1) is 11.8 Å². The lowest BCUT2D eigenvalue weighted by atomic mass is 10.00. The number of benzene rings is 1. The van der Waals surface area contributed by atoms with Crippen LogP contribution in [0.3, 0.4) is 0 Å². The Balaban J connectivity index is 1.84. The summed E-state index contributed by atoms with van der Waals surface area (Å²) in [5.74, 6) is 1.08. The predicted molar refractivity (Wildman–Crippen MR) is 73.8 cm³/mol. The van der Waals surface area contributed by atoms with E-state index in [4.69, 9.17) is 17.3 Å². The van der Waals surface area contributed by atoms with Gasteiger partial charge in [0.1, 0.15) is 0 Å². The maximum absolute atomic E-state index is 9.96. The molecule has 2 aliphatic rings. The van der Waals surface area contributed by atoms with Gasteiger partial charge in [-0.1, -0.05) is 11.6 Å². The molecule has 0 amide bonds. The van der Waals surface area contributed by atoms with Gasteiger partial charge in [-0.25, -0.2) is 0 Å². The molecule has 3 nitrogen and oxygen atoms in total. The summed E-state index contributed by atoms with van der Waals surface area (Å²) in [7, 11) is 0. The van der Waals surface area contributed by atoms with E-state index < -0.39 is 0 Å². The van der Waals surface area contributed by atoms with E-state index in [1.54, 1.807) is 0 Å². The summed E-state index contributed by atoms with van der Waals surface area (Å²) in [5.41, 5.74) is 8.07. The van der Waals surface area contributed by atoms with Gasteiger partial charge in [0, 0.05) is 36.3 Å². The summed E-state index contributed by atoms with van der Waals surface area (Å²) in [6.45, 7) is 2.49. The van der Waals surface area contributed by atoms with Gasteiger partial charge in [-0.05, 0) is 42.5 Å². The van der Waals surface area contributed by atoms with Crippen molar-refractivity contribution in [1.82, 2.24) is 0 Å². The molecule has 1 aromatic carbocycles. The standard InChI is InChI=1S/C14H19ClN2O/c15-11-2-3-13(10(5-11)6-16)17-7-9-1-4-14(18)12(9)8-17/h2-3,5,9,12,14,18H,1,4,6-8,16H2. The molecule has 3 atom stereocenters. The van der Waals surface area contributed by atoms with Gasteiger partial charge in [0.2, 0.25) is 0 Å². The first-order valence-electron chi connectivity index (χ1n) is 6.60. The normalized spacial score (nSPS) is 30.8. The molecular weight excluding hydrogens is 248 g/mol. The Kier molecular flexibility index (Phi) is 3.22. The van der Waals surface area contributed by atoms with Crippen LogP contribution in [-0.4, -0.2) is 24.3 Å². The number of hydrogen-bond donors (Lipinski definition) is 2. The Morgan fingerprint density at radius 2 is 2.17 bits per heavy atom. The molecule has 18 heavy (non-hydrogen) atoms. The van der Waals surface area contributed by atoms with Gasteiger partial charge < -0.3 is 15.7 Å². The summed E-state index contributed by atoms with van der Waals surface area (Å²) >= 11 is 6.01. The second-order valence-corrected chi connectivity index (χ2v) is 5.89. The van der Waals surface area contributed by atoms with E-state index in [9.17, 15) is 5.11 Å². The van der Waals surface area contributed by atoms with Crippen molar-refractivity contribution in [2.24, 2.45) is 17.6 Å². The van der Waals surface area contributed by atoms with Crippen molar-refractivity contribution in [2.75, 3.05) is 18.0 Å². The number of aliphatic hydroxyl groups is 1. The largest absolute Gasteiger partial charge is 0.393 e. The average molecular weight is 267 g/mol. The molecule has 1 saturated carbocycles. The molecule has 3 N–H and O–H groups in total. The van der Waals surface area contributed by atoms with Crippen LogP contribution in [0.15, 0.2) is 18.2 Å². The Bertz CT molecular complexity index is 451. The molecule has 0 spiro atoms. The number of hydrogen-bond acceptors (Lipinski definition) is 3. The fourth-order valence-corrected chi connectivity index (χ4v) is 3.65. The van der Waals surface area contributed by atoms with Gasteiger partial charge in [0.25, 0.3) is 0 Å². The maximum atomic E-state index is 9.96. The van der Waals surface area contributed by atoms with Crippen LogP contribution < -0.4 is 10.6 Å². The maximum Gasteiger partial charge on any atom is 0.0588 e. The average Bonchev–Trinajstić information content (AvgIpc) is 2.92. The molecule has 2 fully saturated rings. The van der Waals surface area contributed by atoms with Crippen LogP contribution in [0.4, 0.5) is 5.69 Å². The van der Waals surface area contributed by atoms with Crippen LogP contribution in [0.5, 0.6) is 0 Å². The van der Waals surface area contributed by atoms with Gasteiger partial charge in [-0.3, -0.25) is 0 Å². The summed E-state index contributed by atoms with van der Waals surface area (Å²) < 4.78 is 0. The second kappa shape index (κ2) is 4.72. The van der Waals surface area contributed by atoms with E-state index >= 15 is 0 Å². The third-order valence-corrected chi connectivity index (χ3v) is 4.66. The Morgan fingerprint density at radius 3 is 2.89 bits per heavy atom. The van der Waals surface area contributed by atoms with Crippen molar-refractivity contribution in [3.05, 3.63) is 28.8 Å². The smallest absolute Gasteiger partial charge is 0.0588 e. The molecule has 1 heterocycles. The zero-order chi connectivity index (χ0) is 12.7. The molecule has 1 aliphatic heterocycles. The molecule has 0 aromatic heterocycles. The lowest BCUT2D eigenvalue weighted by molar-refractivity contribution is 0.133. The number of nitrogens with two attached hydrogens (primary N) is 1. The molecule has 4 heteroatoms. The minimum Gasteiger partial charge on any atom is -0.393 e. The van der Waals surface area contributed by atoms with E-state index in [0.717, 1.165) is 36.5 Å². The van der Waals surface area contributed by atoms with E-state index in [-0.39, 0.29) is 6.10 Å². The predicted octanol–water partition coefficient (Wildman–Crippen LogP) is 2.01. The van der Waals surface area contributed by atoms with Crippen LogP contribution in [0.2, 0.25) is 5.02 Å². The molecule has 3 rings (SSSR count). The van der Waals surface area contributed by atoms with E-state index in [0.29, 0.717) is 18.4 Å². The lowest BCUT2D eigenvalue weighted by Crippen LogP contribution is -2.25. The molecule has 0 radical (unpaired) electrons. The van der Waals surface area contributed by atoms with Gasteiger partial charge in [0.15, 0.2) is 0 Å². The number of fused-ring (bicyclic) bond motifs is 1. The number of nitrogens with zero attached hydrogens (tertiary/aromatic N) is 1. The number of aliphatic hydroxyl groups excluding tert-OH is 1. The Hall–Kier alpha value is -0.770. The van der Waals surface area contributed by atoms with Gasteiger partial charge >= 0.3 is 0 Å². The van der Waals surface area contributed by atoms with Crippen LogP contribution in [0.1, 0.15) is 18.4 Å². The van der Waals surface area contributed by atoms with E-state index in [2.05, 4.69) is 11.0 Å². The number of anilines is 1. The minimum absolute atomic E-state index is 0.117. The summed E-state index contributed by atoms with van der Waals surface area (Å²) in [5, 5.41) is 10.7. The van der Waals surface area contributed by atoms with Crippen molar-refractivity contribution in [1.29, 1.82) is 0 Å². The lowest BCUT2D eigenvalue weighted by Gasteiger charge is -2.23. The Morgan fingerprint density at radius 1 is 1.33 bits per heavy atom. The fourth-order valence-electron chi connectivity index (χ4n) is 3.46. The monoisotopic (exact) mass is 266 g/mol. The zero-order valence-corrected chi connectivity index (χ0v) is 11.1. The Labute approximate surface area is 113 Å². The van der Waals surface area contributed by atoms with Crippen LogP contribution >= 0.6 is 11.6 Å². The molecule has 1 aromatic rings. The highest BCUT2D eigenvalue weighted by Crippen LogP contribution is 2.40. The summed E-state index contributed by atoms with van der Waals surface area (Å²) in [4.78, 5) is 2.36. The molecule has 3 unspecified atom stereocenters. The van der Waals surface area contributed by atoms with E-state index in [1.807, 2.05) is 12.1 Å². The molecule has 0 bridgehead atoms. The molecular formula is C14H19ClN2O. The first-order chi connectivity index (χ1) is 8.69. The topological polar surface area (TPSA) is 49.5 Å². The van der Waals surface area contributed by atoms with Crippen molar-refractivity contribution in [2.45, 2.75) is 25.5 Å². The second-order valence-electron chi connectivity index (χ2n) is 5.45. The van der Waals surface area contributed by atoms with Gasteiger partial charge in [-0.15, -0.1) is 0 Å². The highest BCUT2D eigenvalue weighted by atomic mass is 35.5. The highest BCUT2D eigenvalue weighted by Gasteiger charge is 2.42. The van der Waals surface area contributed by atoms with Gasteiger partial charge in [-0.2, -0.15) is 0 Å². The van der Waals surface area contributed by atoms with Crippen molar-refractivity contribution >= 4 is 17.3 Å². The molecule has 98 valence electrons. The summed E-state index contributed by atoms with van der Waals surface area (Å²) in [6, 6.07) is 5.92. The number of halogens is 1. The van der Waals surface area contributed by atoms with Crippen LogP contribution in [-0.2, 0) is 6.54 Å². The van der Waals surface area contributed by atoms with Crippen LogP contribution in [0.25, 0.3) is 0 Å². The minimum atomic E-state index is -0.117. The number of rotatable bonds is 2.